The van der Waals surface area contributed by atoms with Crippen LogP contribution in [0.4, 0.5) is 10.2 Å². The Labute approximate surface area is 128 Å². The van der Waals surface area contributed by atoms with Crippen molar-refractivity contribution in [2.24, 2.45) is 5.84 Å². The van der Waals surface area contributed by atoms with Crippen LogP contribution in [0.15, 0.2) is 29.6 Å². The van der Waals surface area contributed by atoms with E-state index in [9.17, 15) is 4.39 Å². The van der Waals surface area contributed by atoms with E-state index < -0.39 is 5.82 Å². The fourth-order valence-electron chi connectivity index (χ4n) is 1.79. The molecular formula is C13H10ClFN4OS. The van der Waals surface area contributed by atoms with Crippen molar-refractivity contribution in [3.63, 3.8) is 0 Å². The lowest BCUT2D eigenvalue weighted by molar-refractivity contribution is 0.296. The molecule has 2 heterocycles. The number of hydrogen-bond donors (Lipinski definition) is 2. The van der Waals surface area contributed by atoms with Crippen molar-refractivity contribution in [3.8, 4) is 5.75 Å². The van der Waals surface area contributed by atoms with Crippen LogP contribution in [0.25, 0.3) is 10.2 Å². The van der Waals surface area contributed by atoms with Gasteiger partial charge in [-0.1, -0.05) is 11.6 Å². The second-order valence-electron chi connectivity index (χ2n) is 4.14. The van der Waals surface area contributed by atoms with Gasteiger partial charge < -0.3 is 10.2 Å². The van der Waals surface area contributed by atoms with E-state index in [1.807, 2.05) is 11.4 Å². The Morgan fingerprint density at radius 1 is 1.33 bits per heavy atom. The van der Waals surface area contributed by atoms with E-state index in [-0.39, 0.29) is 11.6 Å². The number of ether oxygens (including phenoxy) is 1. The summed E-state index contributed by atoms with van der Waals surface area (Å²) < 4.78 is 18.6. The molecular weight excluding hydrogens is 315 g/mol. The Morgan fingerprint density at radius 2 is 2.19 bits per heavy atom. The molecule has 0 fully saturated rings. The summed E-state index contributed by atoms with van der Waals surface area (Å²) in [5.41, 5.74) is 2.54. The molecule has 2 aromatic heterocycles. The maximum absolute atomic E-state index is 13.1. The van der Waals surface area contributed by atoms with Crippen LogP contribution >= 0.6 is 22.9 Å². The van der Waals surface area contributed by atoms with E-state index in [0.717, 1.165) is 10.2 Å². The molecule has 0 spiro atoms. The topological polar surface area (TPSA) is 73.1 Å². The fourth-order valence-corrected chi connectivity index (χ4v) is 2.74. The summed E-state index contributed by atoms with van der Waals surface area (Å²) in [6, 6.07) is 6.03. The van der Waals surface area contributed by atoms with Crippen LogP contribution in [-0.4, -0.2) is 9.97 Å². The van der Waals surface area contributed by atoms with Gasteiger partial charge in [-0.3, -0.25) is 0 Å². The number of nitrogens with one attached hydrogen (secondary N) is 1. The molecule has 108 valence electrons. The monoisotopic (exact) mass is 324 g/mol. The largest absolute Gasteiger partial charge is 0.486 e. The van der Waals surface area contributed by atoms with E-state index in [0.29, 0.717) is 17.4 Å². The fraction of sp³-hybridized carbons (Fsp3) is 0.0769. The van der Waals surface area contributed by atoms with Crippen LogP contribution in [0.3, 0.4) is 0 Å². The third-order valence-electron chi connectivity index (χ3n) is 2.77. The molecule has 0 saturated heterocycles. The molecule has 0 aliphatic rings. The molecule has 0 atom stereocenters. The Balaban J connectivity index is 1.82. The molecule has 5 nitrogen and oxygen atoms in total. The van der Waals surface area contributed by atoms with E-state index in [1.165, 1.54) is 29.5 Å². The molecule has 0 saturated carbocycles. The van der Waals surface area contributed by atoms with E-state index in [1.54, 1.807) is 0 Å². The molecule has 0 aliphatic heterocycles. The van der Waals surface area contributed by atoms with Crippen LogP contribution in [0, 0.1) is 5.82 Å². The number of aromatic nitrogens is 2. The number of anilines is 1. The van der Waals surface area contributed by atoms with Gasteiger partial charge in [0.25, 0.3) is 0 Å². The quantitative estimate of drug-likeness (QED) is 0.569. The summed E-state index contributed by atoms with van der Waals surface area (Å²) in [5.74, 6) is 6.41. The van der Waals surface area contributed by atoms with Crippen molar-refractivity contribution in [1.82, 2.24) is 9.97 Å². The van der Waals surface area contributed by atoms with Gasteiger partial charge in [0.05, 0.1) is 10.4 Å². The highest BCUT2D eigenvalue weighted by atomic mass is 35.5. The number of nitrogen functional groups attached to an aromatic ring is 1. The first-order valence-corrected chi connectivity index (χ1v) is 7.21. The average molecular weight is 325 g/mol. The second kappa shape index (κ2) is 5.80. The molecule has 3 rings (SSSR count). The summed E-state index contributed by atoms with van der Waals surface area (Å²) in [6.45, 7) is 0.129. The lowest BCUT2D eigenvalue weighted by Crippen LogP contribution is -2.11. The Morgan fingerprint density at radius 3 is 2.95 bits per heavy atom. The van der Waals surface area contributed by atoms with Gasteiger partial charge in [0.15, 0.2) is 11.6 Å². The molecule has 0 bridgehead atoms. The smallest absolute Gasteiger partial charge is 0.169 e. The lowest BCUT2D eigenvalue weighted by atomic mass is 10.3. The third-order valence-corrected chi connectivity index (χ3v) is 3.86. The van der Waals surface area contributed by atoms with Crippen LogP contribution in [-0.2, 0) is 6.61 Å². The van der Waals surface area contributed by atoms with E-state index >= 15 is 0 Å². The summed E-state index contributed by atoms with van der Waals surface area (Å²) >= 11 is 7.18. The van der Waals surface area contributed by atoms with Crippen molar-refractivity contribution in [1.29, 1.82) is 0 Å². The van der Waals surface area contributed by atoms with Crippen LogP contribution in [0.2, 0.25) is 5.02 Å². The predicted octanol–water partition coefficient (Wildman–Crippen LogP) is 3.35. The van der Waals surface area contributed by atoms with E-state index in [2.05, 4.69) is 15.4 Å². The maximum atomic E-state index is 13.1. The highest BCUT2D eigenvalue weighted by molar-refractivity contribution is 7.16. The molecule has 1 aromatic carbocycles. The molecule has 0 amide bonds. The van der Waals surface area contributed by atoms with Crippen molar-refractivity contribution in [3.05, 3.63) is 46.3 Å². The first-order valence-electron chi connectivity index (χ1n) is 5.96. The first kappa shape index (κ1) is 14.0. The number of nitrogens with zero attached hydrogens (tertiary/aromatic N) is 2. The summed E-state index contributed by atoms with van der Waals surface area (Å²) in [4.78, 5) is 9.47. The molecule has 0 radical (unpaired) electrons. The molecule has 8 heteroatoms. The highest BCUT2D eigenvalue weighted by Crippen LogP contribution is 2.25. The van der Waals surface area contributed by atoms with Gasteiger partial charge in [0.1, 0.15) is 23.0 Å². The van der Waals surface area contributed by atoms with Gasteiger partial charge in [-0.25, -0.2) is 20.2 Å². The molecule has 0 aliphatic carbocycles. The van der Waals surface area contributed by atoms with E-state index in [4.69, 9.17) is 22.2 Å². The van der Waals surface area contributed by atoms with Crippen molar-refractivity contribution in [2.45, 2.75) is 6.61 Å². The minimum absolute atomic E-state index is 0.00596. The van der Waals surface area contributed by atoms with Crippen LogP contribution in [0.5, 0.6) is 5.75 Å². The zero-order valence-electron chi connectivity index (χ0n) is 10.6. The molecule has 3 aromatic rings. The van der Waals surface area contributed by atoms with Gasteiger partial charge in [-0.15, -0.1) is 11.3 Å². The predicted molar refractivity (Wildman–Crippen MR) is 81.0 cm³/mol. The molecule has 3 N–H and O–H groups in total. The summed E-state index contributed by atoms with van der Waals surface area (Å²) in [7, 11) is 0. The van der Waals surface area contributed by atoms with Gasteiger partial charge in [-0.05, 0) is 23.6 Å². The highest BCUT2D eigenvalue weighted by Gasteiger charge is 2.09. The number of hydrogen-bond acceptors (Lipinski definition) is 6. The van der Waals surface area contributed by atoms with Gasteiger partial charge >= 0.3 is 0 Å². The second-order valence-corrected chi connectivity index (χ2v) is 5.44. The van der Waals surface area contributed by atoms with Crippen LogP contribution in [0.1, 0.15) is 5.82 Å². The minimum Gasteiger partial charge on any atom is -0.486 e. The van der Waals surface area contributed by atoms with Gasteiger partial charge in [0, 0.05) is 6.07 Å². The first-order chi connectivity index (χ1) is 10.2. The Bertz CT molecular complexity index is 795. The number of thiophene rings is 1. The zero-order chi connectivity index (χ0) is 14.8. The average Bonchev–Trinajstić information content (AvgIpc) is 2.96. The van der Waals surface area contributed by atoms with Gasteiger partial charge in [-0.2, -0.15) is 0 Å². The number of hydrazine groups is 1. The normalized spacial score (nSPS) is 10.8. The summed E-state index contributed by atoms with van der Waals surface area (Å²) in [6.07, 6.45) is 0. The molecule has 0 unspecified atom stereocenters. The van der Waals surface area contributed by atoms with Crippen molar-refractivity contribution < 1.29 is 9.13 Å². The lowest BCUT2D eigenvalue weighted by Gasteiger charge is -2.08. The maximum Gasteiger partial charge on any atom is 0.169 e. The number of nitrogens with two attached hydrogens (primary N) is 1. The standard InChI is InChI=1S/C13H10ClFN4OS/c14-9-5-7(1-2-10(9)15)20-6-11-17-12(19-16)8-3-4-21-13(8)18-11/h1-5H,6,16H2,(H,17,18,19). The number of halogens is 2. The number of rotatable bonds is 4. The molecule has 21 heavy (non-hydrogen) atoms. The number of fused-ring (bicyclic) bond motifs is 1. The Hall–Kier alpha value is -1.96. The summed E-state index contributed by atoms with van der Waals surface area (Å²) in [5, 5.41) is 2.77. The number of benzene rings is 1. The van der Waals surface area contributed by atoms with Crippen molar-refractivity contribution in [2.75, 3.05) is 5.43 Å². The van der Waals surface area contributed by atoms with Crippen molar-refractivity contribution >= 4 is 39.0 Å². The SMILES string of the molecule is NNc1nc(COc2ccc(F)c(Cl)c2)nc2sccc12. The van der Waals surface area contributed by atoms with Crippen LogP contribution < -0.4 is 16.0 Å². The Kier molecular flexibility index (Phi) is 3.87. The minimum atomic E-state index is -0.491. The van der Waals surface area contributed by atoms with Gasteiger partial charge in [0.2, 0.25) is 0 Å². The zero-order valence-corrected chi connectivity index (χ0v) is 12.2. The third kappa shape index (κ3) is 2.90.